The molecule has 2 heterocycles. The Morgan fingerprint density at radius 2 is 1.88 bits per heavy atom. The number of ketones is 1. The van der Waals surface area contributed by atoms with Gasteiger partial charge in [-0.2, -0.15) is 9.29 Å². The van der Waals surface area contributed by atoms with Crippen LogP contribution in [0.25, 0.3) is 0 Å². The van der Waals surface area contributed by atoms with Crippen molar-refractivity contribution in [2.24, 2.45) is 0 Å². The van der Waals surface area contributed by atoms with Gasteiger partial charge in [-0.25, -0.2) is 8.42 Å². The maximum absolute atomic E-state index is 12.8. The first-order chi connectivity index (χ1) is 12.4. The van der Waals surface area contributed by atoms with E-state index in [0.29, 0.717) is 30.3 Å². The number of benzene rings is 1. The molecule has 9 heteroatoms. The predicted octanol–water partition coefficient (Wildman–Crippen LogP) is 1.53. The van der Waals surface area contributed by atoms with Gasteiger partial charge in [-0.3, -0.25) is 9.78 Å². The van der Waals surface area contributed by atoms with Crippen LogP contribution in [0.4, 0.5) is 0 Å². The van der Waals surface area contributed by atoms with Crippen LogP contribution < -0.4 is 9.47 Å². The quantitative estimate of drug-likeness (QED) is 0.704. The van der Waals surface area contributed by atoms with Gasteiger partial charge >= 0.3 is 0 Å². The number of ether oxygens (including phenoxy) is 2. The lowest BCUT2D eigenvalue weighted by Gasteiger charge is -2.17. The minimum absolute atomic E-state index is 0.108. The Bertz CT molecular complexity index is 899. The number of aromatic nitrogens is 2. The average Bonchev–Trinajstić information content (AvgIpc) is 3.11. The van der Waals surface area contributed by atoms with E-state index in [4.69, 9.17) is 9.47 Å². The van der Waals surface area contributed by atoms with Gasteiger partial charge < -0.3 is 9.47 Å². The molecule has 8 nitrogen and oxygen atoms in total. The van der Waals surface area contributed by atoms with Gasteiger partial charge in [0.1, 0.15) is 6.10 Å². The lowest BCUT2D eigenvalue weighted by Crippen LogP contribution is -2.31. The summed E-state index contributed by atoms with van der Waals surface area (Å²) in [6, 6.07) is 5.94. The molecule has 0 radical (unpaired) electrons. The van der Waals surface area contributed by atoms with Gasteiger partial charge in [0.05, 0.1) is 30.9 Å². The van der Waals surface area contributed by atoms with Crippen LogP contribution in [0.1, 0.15) is 23.7 Å². The standard InChI is InChI=1S/C17H19N3O5S/c1-12(21)13-3-5-15(6-4-13)26(22,23)20-8-7-14(11-20)25-17-10-18-9-16(19-17)24-2/h3-6,9-10,14H,7-8,11H2,1-2H3. The Morgan fingerprint density at radius 3 is 2.54 bits per heavy atom. The third-order valence-electron chi connectivity index (χ3n) is 4.09. The number of methoxy groups -OCH3 is 1. The van der Waals surface area contributed by atoms with Gasteiger partial charge in [-0.15, -0.1) is 0 Å². The Morgan fingerprint density at radius 1 is 1.19 bits per heavy atom. The van der Waals surface area contributed by atoms with Crippen LogP contribution in [-0.4, -0.2) is 54.8 Å². The smallest absolute Gasteiger partial charge is 0.243 e. The van der Waals surface area contributed by atoms with E-state index in [2.05, 4.69) is 9.97 Å². The van der Waals surface area contributed by atoms with Crippen molar-refractivity contribution < 1.29 is 22.7 Å². The minimum Gasteiger partial charge on any atom is -0.480 e. The monoisotopic (exact) mass is 377 g/mol. The molecule has 0 bridgehead atoms. The van der Waals surface area contributed by atoms with E-state index >= 15 is 0 Å². The fraction of sp³-hybridized carbons (Fsp3) is 0.353. The lowest BCUT2D eigenvalue weighted by molar-refractivity contribution is 0.101. The summed E-state index contributed by atoms with van der Waals surface area (Å²) in [5, 5.41) is 0. The molecule has 0 N–H and O–H groups in total. The highest BCUT2D eigenvalue weighted by Crippen LogP contribution is 2.24. The number of hydrogen-bond donors (Lipinski definition) is 0. The van der Waals surface area contributed by atoms with Gasteiger partial charge in [0.15, 0.2) is 5.78 Å². The molecule has 2 aromatic rings. The summed E-state index contributed by atoms with van der Waals surface area (Å²) >= 11 is 0. The van der Waals surface area contributed by atoms with E-state index in [0.717, 1.165) is 0 Å². The number of rotatable bonds is 6. The number of Topliss-reactive ketones (excluding diaryl/α,β-unsaturated/α-hetero) is 1. The number of nitrogens with zero attached hydrogens (tertiary/aromatic N) is 3. The Labute approximate surface area is 151 Å². The topological polar surface area (TPSA) is 98.7 Å². The van der Waals surface area contributed by atoms with Crippen molar-refractivity contribution in [1.82, 2.24) is 14.3 Å². The molecule has 1 unspecified atom stereocenters. The normalized spacial score (nSPS) is 17.8. The maximum atomic E-state index is 12.8. The second kappa shape index (κ2) is 7.38. The summed E-state index contributed by atoms with van der Waals surface area (Å²) in [5.74, 6) is 0.512. The molecule has 1 aliphatic heterocycles. The van der Waals surface area contributed by atoms with Crippen LogP contribution in [-0.2, 0) is 10.0 Å². The van der Waals surface area contributed by atoms with Gasteiger partial charge in [0.2, 0.25) is 21.8 Å². The van der Waals surface area contributed by atoms with Crippen molar-refractivity contribution in [3.63, 3.8) is 0 Å². The molecule has 0 aliphatic carbocycles. The maximum Gasteiger partial charge on any atom is 0.243 e. The summed E-state index contributed by atoms with van der Waals surface area (Å²) in [6.07, 6.45) is 3.15. The molecule has 0 amide bonds. The third kappa shape index (κ3) is 3.83. The van der Waals surface area contributed by atoms with Crippen LogP contribution >= 0.6 is 0 Å². The molecule has 26 heavy (non-hydrogen) atoms. The number of hydrogen-bond acceptors (Lipinski definition) is 7. The van der Waals surface area contributed by atoms with Crippen LogP contribution in [0.3, 0.4) is 0 Å². The fourth-order valence-electron chi connectivity index (χ4n) is 2.68. The summed E-state index contributed by atoms with van der Waals surface area (Å²) < 4.78 is 37.6. The number of sulfonamides is 1. The van der Waals surface area contributed by atoms with Gasteiger partial charge in [-0.05, 0) is 25.5 Å². The van der Waals surface area contributed by atoms with Gasteiger partial charge in [0.25, 0.3) is 0 Å². The fourth-order valence-corrected chi connectivity index (χ4v) is 4.17. The van der Waals surface area contributed by atoms with Gasteiger partial charge in [0, 0.05) is 12.1 Å². The van der Waals surface area contributed by atoms with Crippen molar-refractivity contribution in [1.29, 1.82) is 0 Å². The van der Waals surface area contributed by atoms with E-state index in [9.17, 15) is 13.2 Å². The van der Waals surface area contributed by atoms with Gasteiger partial charge in [-0.1, -0.05) is 12.1 Å². The molecule has 1 fully saturated rings. The summed E-state index contributed by atoms with van der Waals surface area (Å²) in [6.45, 7) is 2.00. The summed E-state index contributed by atoms with van der Waals surface area (Å²) in [4.78, 5) is 19.6. The first-order valence-corrected chi connectivity index (χ1v) is 9.48. The molecule has 1 aliphatic rings. The zero-order valence-electron chi connectivity index (χ0n) is 14.5. The highest BCUT2D eigenvalue weighted by molar-refractivity contribution is 7.89. The van der Waals surface area contributed by atoms with E-state index < -0.39 is 10.0 Å². The van der Waals surface area contributed by atoms with E-state index in [1.807, 2.05) is 0 Å². The van der Waals surface area contributed by atoms with E-state index in [1.165, 1.54) is 55.0 Å². The molecule has 1 saturated heterocycles. The number of carbonyl (C=O) groups is 1. The second-order valence-electron chi connectivity index (χ2n) is 5.87. The van der Waals surface area contributed by atoms with Crippen molar-refractivity contribution in [2.45, 2.75) is 24.3 Å². The molecule has 1 atom stereocenters. The molecule has 1 aromatic heterocycles. The average molecular weight is 377 g/mol. The first-order valence-electron chi connectivity index (χ1n) is 8.04. The summed E-state index contributed by atoms with van der Waals surface area (Å²) in [5.41, 5.74) is 0.475. The van der Waals surface area contributed by atoms with Crippen molar-refractivity contribution in [3.05, 3.63) is 42.2 Å². The Kier molecular flexibility index (Phi) is 5.19. The zero-order chi connectivity index (χ0) is 18.7. The van der Waals surface area contributed by atoms with Crippen molar-refractivity contribution in [2.75, 3.05) is 20.2 Å². The highest BCUT2D eigenvalue weighted by Gasteiger charge is 2.34. The van der Waals surface area contributed by atoms with E-state index in [1.54, 1.807) is 0 Å². The van der Waals surface area contributed by atoms with Crippen LogP contribution in [0.2, 0.25) is 0 Å². The molecule has 3 rings (SSSR count). The van der Waals surface area contributed by atoms with Crippen molar-refractivity contribution in [3.8, 4) is 11.8 Å². The third-order valence-corrected chi connectivity index (χ3v) is 5.97. The highest BCUT2D eigenvalue weighted by atomic mass is 32.2. The Hall–Kier alpha value is -2.52. The molecule has 0 spiro atoms. The second-order valence-corrected chi connectivity index (χ2v) is 7.81. The van der Waals surface area contributed by atoms with Crippen molar-refractivity contribution >= 4 is 15.8 Å². The number of carbonyl (C=O) groups excluding carboxylic acids is 1. The summed E-state index contributed by atoms with van der Waals surface area (Å²) in [7, 11) is -2.16. The molecular weight excluding hydrogens is 358 g/mol. The first kappa shape index (κ1) is 18.3. The zero-order valence-corrected chi connectivity index (χ0v) is 15.3. The van der Waals surface area contributed by atoms with Crippen LogP contribution in [0.15, 0.2) is 41.6 Å². The molecule has 138 valence electrons. The van der Waals surface area contributed by atoms with E-state index in [-0.39, 0.29) is 23.3 Å². The predicted molar refractivity (Wildman–Crippen MR) is 92.8 cm³/mol. The lowest BCUT2D eigenvalue weighted by atomic mass is 10.2. The molecule has 1 aromatic carbocycles. The molecule has 0 saturated carbocycles. The minimum atomic E-state index is -3.64. The van der Waals surface area contributed by atoms with Crippen LogP contribution in [0.5, 0.6) is 11.8 Å². The largest absolute Gasteiger partial charge is 0.480 e. The van der Waals surface area contributed by atoms with Crippen LogP contribution in [0, 0.1) is 0 Å². The SMILES string of the molecule is COc1cncc(OC2CCN(S(=O)(=O)c3ccc(C(C)=O)cc3)C2)n1. The Balaban J connectivity index is 1.69. The molecular formula is C17H19N3O5S.